The molecule has 0 saturated carbocycles. The summed E-state index contributed by atoms with van der Waals surface area (Å²) in [6.07, 6.45) is 0. The monoisotopic (exact) mass is 284 g/mol. The molecule has 0 spiro atoms. The molecule has 0 unspecified atom stereocenters. The Morgan fingerprint density at radius 3 is 1.95 bits per heavy atom. The summed E-state index contributed by atoms with van der Waals surface area (Å²) in [7, 11) is 0. The van der Waals surface area contributed by atoms with Crippen LogP contribution in [0.1, 0.15) is 6.92 Å². The molecule has 0 aromatic carbocycles. The van der Waals surface area contributed by atoms with Crippen molar-refractivity contribution in [2.24, 2.45) is 0 Å². The largest absolute Gasteiger partial charge is 0.480 e. The predicted molar refractivity (Wildman–Crippen MR) is 74.7 cm³/mol. The van der Waals surface area contributed by atoms with Crippen LogP contribution in [-0.2, 0) is 4.79 Å². The molecule has 0 aromatic heterocycles. The van der Waals surface area contributed by atoms with Crippen molar-refractivity contribution in [2.75, 3.05) is 65.4 Å². The summed E-state index contributed by atoms with van der Waals surface area (Å²) in [4.78, 5) is 31.0. The highest BCUT2D eigenvalue weighted by Gasteiger charge is 2.29. The Hall–Kier alpha value is -1.34. The van der Waals surface area contributed by atoms with E-state index in [4.69, 9.17) is 5.11 Å². The molecule has 2 aliphatic heterocycles. The maximum atomic E-state index is 12.2. The average molecular weight is 284 g/mol. The number of carbonyl (C=O) groups excluding carboxylic acids is 1. The molecule has 0 radical (unpaired) electrons. The van der Waals surface area contributed by atoms with Crippen LogP contribution in [0.25, 0.3) is 0 Å². The topological polar surface area (TPSA) is 67.3 Å². The minimum Gasteiger partial charge on any atom is -0.480 e. The van der Waals surface area contributed by atoms with Crippen molar-refractivity contribution in [3.63, 3.8) is 0 Å². The normalized spacial score (nSPS) is 22.9. The highest BCUT2D eigenvalue weighted by atomic mass is 16.4. The maximum Gasteiger partial charge on any atom is 0.320 e. The highest BCUT2D eigenvalue weighted by Crippen LogP contribution is 2.10. The second-order valence-electron chi connectivity index (χ2n) is 5.36. The first-order valence-electron chi connectivity index (χ1n) is 7.30. The van der Waals surface area contributed by atoms with Crippen molar-refractivity contribution in [1.82, 2.24) is 19.6 Å². The summed E-state index contributed by atoms with van der Waals surface area (Å²) < 4.78 is 0. The lowest BCUT2D eigenvalue weighted by molar-refractivity contribution is -0.138. The molecule has 2 saturated heterocycles. The molecule has 2 heterocycles. The maximum absolute atomic E-state index is 12.2. The van der Waals surface area contributed by atoms with Crippen LogP contribution in [0.3, 0.4) is 0 Å². The zero-order valence-corrected chi connectivity index (χ0v) is 12.1. The second-order valence-corrected chi connectivity index (χ2v) is 5.36. The Morgan fingerprint density at radius 2 is 1.40 bits per heavy atom. The number of hydrogen-bond acceptors (Lipinski definition) is 4. The summed E-state index contributed by atoms with van der Waals surface area (Å²) in [6.45, 7) is 9.07. The van der Waals surface area contributed by atoms with Crippen molar-refractivity contribution >= 4 is 12.0 Å². The van der Waals surface area contributed by atoms with Gasteiger partial charge in [0.1, 0.15) is 0 Å². The van der Waals surface area contributed by atoms with Crippen molar-refractivity contribution < 1.29 is 14.7 Å². The molecule has 0 atom stereocenters. The van der Waals surface area contributed by atoms with E-state index in [9.17, 15) is 9.59 Å². The van der Waals surface area contributed by atoms with Gasteiger partial charge in [0.05, 0.1) is 6.54 Å². The fourth-order valence-corrected chi connectivity index (χ4v) is 2.74. The summed E-state index contributed by atoms with van der Waals surface area (Å²) >= 11 is 0. The average Bonchev–Trinajstić information content (AvgIpc) is 2.74. The number of fused-ring (bicyclic) bond motifs is 2. The summed E-state index contributed by atoms with van der Waals surface area (Å²) in [5.74, 6) is -0.808. The van der Waals surface area contributed by atoms with E-state index in [0.29, 0.717) is 13.1 Å². The van der Waals surface area contributed by atoms with Crippen LogP contribution >= 0.6 is 0 Å². The van der Waals surface area contributed by atoms with Gasteiger partial charge in [0, 0.05) is 52.4 Å². The number of urea groups is 1. The molecule has 0 aliphatic carbocycles. The van der Waals surface area contributed by atoms with Gasteiger partial charge in [-0.2, -0.15) is 0 Å². The van der Waals surface area contributed by atoms with Gasteiger partial charge in [-0.1, -0.05) is 6.92 Å². The SMILES string of the molecule is CCN1CCN(CC(=O)O)CCN2CCN(CC1)C2=O. The Labute approximate surface area is 119 Å². The van der Waals surface area contributed by atoms with Gasteiger partial charge in [0.25, 0.3) is 0 Å². The van der Waals surface area contributed by atoms with Crippen LogP contribution in [0.4, 0.5) is 4.79 Å². The molecule has 2 rings (SSSR count). The summed E-state index contributed by atoms with van der Waals surface area (Å²) in [5.41, 5.74) is 0. The number of carbonyl (C=O) groups is 2. The number of hydrogen-bond donors (Lipinski definition) is 1. The van der Waals surface area contributed by atoms with E-state index in [1.165, 1.54) is 0 Å². The quantitative estimate of drug-likeness (QED) is 0.753. The third-order valence-corrected chi connectivity index (χ3v) is 4.09. The molecule has 2 fully saturated rings. The van der Waals surface area contributed by atoms with E-state index in [2.05, 4.69) is 11.8 Å². The minimum absolute atomic E-state index is 0.0449. The van der Waals surface area contributed by atoms with Crippen LogP contribution in [0.15, 0.2) is 0 Å². The molecular weight excluding hydrogens is 260 g/mol. The van der Waals surface area contributed by atoms with Crippen LogP contribution in [0, 0.1) is 0 Å². The van der Waals surface area contributed by atoms with Gasteiger partial charge < -0.3 is 19.8 Å². The second kappa shape index (κ2) is 6.90. The number of nitrogens with zero attached hydrogens (tertiary/aromatic N) is 4. The van der Waals surface area contributed by atoms with Crippen molar-refractivity contribution in [3.05, 3.63) is 0 Å². The molecule has 7 heteroatoms. The Bertz CT molecular complexity index is 364. The van der Waals surface area contributed by atoms with Gasteiger partial charge in [0.15, 0.2) is 0 Å². The standard InChI is InChI=1S/C13H24N4O3/c1-2-14-3-4-15(11-12(18)19)6-8-17-10-9-16(7-5-14)13(17)20/h2-11H2,1H3,(H,18,19). The fourth-order valence-electron chi connectivity index (χ4n) is 2.74. The van der Waals surface area contributed by atoms with Crippen molar-refractivity contribution in [3.8, 4) is 0 Å². The molecule has 20 heavy (non-hydrogen) atoms. The third-order valence-electron chi connectivity index (χ3n) is 4.09. The molecule has 2 aliphatic rings. The first kappa shape index (κ1) is 15.1. The van der Waals surface area contributed by atoms with Crippen LogP contribution in [-0.4, -0.2) is 102 Å². The Balaban J connectivity index is 2.02. The van der Waals surface area contributed by atoms with E-state index in [-0.39, 0.29) is 12.6 Å². The van der Waals surface area contributed by atoms with Gasteiger partial charge in [-0.05, 0) is 6.54 Å². The van der Waals surface area contributed by atoms with Crippen LogP contribution in [0.5, 0.6) is 0 Å². The summed E-state index contributed by atoms with van der Waals surface area (Å²) in [5, 5.41) is 8.97. The Morgan fingerprint density at radius 1 is 0.950 bits per heavy atom. The lowest BCUT2D eigenvalue weighted by Crippen LogP contribution is -2.42. The zero-order valence-electron chi connectivity index (χ0n) is 12.1. The number of aliphatic carboxylic acids is 1. The van der Waals surface area contributed by atoms with Gasteiger partial charge in [0.2, 0.25) is 0 Å². The molecule has 2 amide bonds. The first-order valence-corrected chi connectivity index (χ1v) is 7.30. The minimum atomic E-state index is -0.808. The number of amides is 2. The molecule has 114 valence electrons. The predicted octanol–water partition coefficient (Wildman–Crippen LogP) is -0.554. The van der Waals surface area contributed by atoms with Gasteiger partial charge in [-0.15, -0.1) is 0 Å². The van der Waals surface area contributed by atoms with Crippen molar-refractivity contribution in [1.29, 1.82) is 0 Å². The third kappa shape index (κ3) is 3.83. The number of likely N-dealkylation sites (N-methyl/N-ethyl adjacent to an activating group) is 1. The van der Waals surface area contributed by atoms with Crippen LogP contribution in [0.2, 0.25) is 0 Å². The molecule has 2 bridgehead atoms. The Kier molecular flexibility index (Phi) is 5.19. The lowest BCUT2D eigenvalue weighted by atomic mass is 10.3. The highest BCUT2D eigenvalue weighted by molar-refractivity contribution is 5.76. The zero-order chi connectivity index (χ0) is 14.5. The number of carboxylic acid groups (broad SMARTS) is 1. The van der Waals surface area contributed by atoms with E-state index < -0.39 is 5.97 Å². The van der Waals surface area contributed by atoms with E-state index >= 15 is 0 Å². The van der Waals surface area contributed by atoms with E-state index in [1.54, 1.807) is 0 Å². The van der Waals surface area contributed by atoms with E-state index in [0.717, 1.165) is 45.8 Å². The number of carboxylic acids is 1. The van der Waals surface area contributed by atoms with Gasteiger partial charge in [-0.3, -0.25) is 9.69 Å². The smallest absolute Gasteiger partial charge is 0.320 e. The lowest BCUT2D eigenvalue weighted by Gasteiger charge is -2.26. The molecule has 1 N–H and O–H groups in total. The molecule has 7 nitrogen and oxygen atoms in total. The number of rotatable bonds is 3. The van der Waals surface area contributed by atoms with Gasteiger partial charge in [-0.25, -0.2) is 4.79 Å². The fraction of sp³-hybridized carbons (Fsp3) is 0.846. The molecule has 0 aromatic rings. The summed E-state index contributed by atoms with van der Waals surface area (Å²) in [6, 6.07) is 0.0956. The van der Waals surface area contributed by atoms with E-state index in [1.807, 2.05) is 14.7 Å². The van der Waals surface area contributed by atoms with Gasteiger partial charge >= 0.3 is 12.0 Å². The van der Waals surface area contributed by atoms with Crippen molar-refractivity contribution in [2.45, 2.75) is 6.92 Å². The van der Waals surface area contributed by atoms with Crippen LogP contribution < -0.4 is 0 Å². The molecular formula is C13H24N4O3. The first-order chi connectivity index (χ1) is 9.60.